The Kier molecular flexibility index (Phi) is 9.67. The molecule has 9 heteroatoms. The lowest BCUT2D eigenvalue weighted by Crippen LogP contribution is -2.47. The lowest BCUT2D eigenvalue weighted by atomic mass is 10.1. The van der Waals surface area contributed by atoms with E-state index in [0.717, 1.165) is 61.5 Å². The maximum atomic E-state index is 5.95. The lowest BCUT2D eigenvalue weighted by Gasteiger charge is -2.25. The van der Waals surface area contributed by atoms with Crippen LogP contribution in [-0.2, 0) is 19.4 Å². The first kappa shape index (κ1) is 24.2. The molecule has 1 aliphatic rings. The summed E-state index contributed by atoms with van der Waals surface area (Å²) in [6.45, 7) is 8.35. The van der Waals surface area contributed by atoms with E-state index < -0.39 is 0 Å². The molecule has 0 radical (unpaired) electrons. The van der Waals surface area contributed by atoms with Crippen molar-refractivity contribution in [2.75, 3.05) is 20.2 Å². The number of rotatable bonds is 8. The van der Waals surface area contributed by atoms with Crippen molar-refractivity contribution in [3.8, 4) is 11.5 Å². The lowest BCUT2D eigenvalue weighted by molar-refractivity contribution is 0.230. The molecule has 0 spiro atoms. The fraction of sp³-hybridized carbons (Fsp3) is 0.571. The zero-order valence-electron chi connectivity index (χ0n) is 18.2. The molecule has 0 aliphatic carbocycles. The minimum absolute atomic E-state index is 0. The Hall–Kier alpha value is -2.04. The summed E-state index contributed by atoms with van der Waals surface area (Å²) in [6.07, 6.45) is 2.78. The van der Waals surface area contributed by atoms with Crippen LogP contribution < -0.4 is 20.1 Å². The van der Waals surface area contributed by atoms with Crippen LogP contribution in [0.15, 0.2) is 29.3 Å². The van der Waals surface area contributed by atoms with E-state index in [-0.39, 0.29) is 36.1 Å². The number of ether oxygens (including phenoxy) is 2. The van der Waals surface area contributed by atoms with E-state index in [2.05, 4.69) is 34.6 Å². The highest BCUT2D eigenvalue weighted by atomic mass is 127. The number of fused-ring (bicyclic) bond motifs is 1. The van der Waals surface area contributed by atoms with Gasteiger partial charge in [0, 0.05) is 25.4 Å². The fourth-order valence-electron chi connectivity index (χ4n) is 3.29. The topological polar surface area (TPSA) is 85.6 Å². The minimum Gasteiger partial charge on any atom is -0.497 e. The van der Waals surface area contributed by atoms with Gasteiger partial charge in [-0.05, 0) is 44.5 Å². The van der Waals surface area contributed by atoms with Crippen LogP contribution in [0.5, 0.6) is 11.5 Å². The highest BCUT2D eigenvalue weighted by Crippen LogP contribution is 2.18. The van der Waals surface area contributed by atoms with Crippen molar-refractivity contribution in [3.63, 3.8) is 0 Å². The fourth-order valence-corrected chi connectivity index (χ4v) is 3.29. The third-order valence-corrected chi connectivity index (χ3v) is 4.81. The molecule has 3 rings (SSSR count). The van der Waals surface area contributed by atoms with Gasteiger partial charge in [-0.15, -0.1) is 24.0 Å². The molecule has 1 aromatic carbocycles. The summed E-state index contributed by atoms with van der Waals surface area (Å²) in [5, 5.41) is 11.4. The van der Waals surface area contributed by atoms with Gasteiger partial charge in [0.1, 0.15) is 23.4 Å². The largest absolute Gasteiger partial charge is 0.497 e. The number of hydrogen-bond donors (Lipinski definition) is 2. The number of guanidine groups is 1. The zero-order valence-corrected chi connectivity index (χ0v) is 20.6. The predicted octanol–water partition coefficient (Wildman–Crippen LogP) is 2.80. The second kappa shape index (κ2) is 12.0. The van der Waals surface area contributed by atoms with Crippen molar-refractivity contribution in [1.82, 2.24) is 25.4 Å². The highest BCUT2D eigenvalue weighted by molar-refractivity contribution is 14.0. The van der Waals surface area contributed by atoms with Gasteiger partial charge < -0.3 is 20.1 Å². The van der Waals surface area contributed by atoms with E-state index in [1.54, 1.807) is 7.11 Å². The molecule has 2 unspecified atom stereocenters. The summed E-state index contributed by atoms with van der Waals surface area (Å²) >= 11 is 0. The molecule has 0 saturated heterocycles. The van der Waals surface area contributed by atoms with E-state index in [1.807, 2.05) is 35.9 Å². The molecule has 2 atom stereocenters. The van der Waals surface area contributed by atoms with Gasteiger partial charge in [-0.1, -0.05) is 6.92 Å². The van der Waals surface area contributed by atoms with Gasteiger partial charge in [-0.3, -0.25) is 0 Å². The Labute approximate surface area is 195 Å². The molecule has 0 bridgehead atoms. The van der Waals surface area contributed by atoms with Crippen LogP contribution in [0.1, 0.15) is 38.8 Å². The monoisotopic (exact) mass is 528 g/mol. The summed E-state index contributed by atoms with van der Waals surface area (Å²) in [7, 11) is 1.65. The van der Waals surface area contributed by atoms with Crippen LogP contribution in [0.2, 0.25) is 0 Å². The van der Waals surface area contributed by atoms with Crippen molar-refractivity contribution in [3.05, 3.63) is 35.9 Å². The second-order valence-corrected chi connectivity index (χ2v) is 7.18. The molecular weight excluding hydrogens is 495 g/mol. The molecule has 0 fully saturated rings. The number of benzene rings is 1. The van der Waals surface area contributed by atoms with E-state index in [4.69, 9.17) is 14.5 Å². The summed E-state index contributed by atoms with van der Waals surface area (Å²) < 4.78 is 13.2. The zero-order chi connectivity index (χ0) is 20.6. The minimum atomic E-state index is -0.0424. The summed E-state index contributed by atoms with van der Waals surface area (Å²) in [6, 6.07) is 7.88. The first-order valence-electron chi connectivity index (χ1n) is 10.4. The second-order valence-electron chi connectivity index (χ2n) is 7.18. The number of nitrogens with one attached hydrogen (secondary N) is 2. The number of aromatic nitrogens is 3. The maximum Gasteiger partial charge on any atom is 0.191 e. The normalized spacial score (nSPS) is 16.8. The molecule has 8 nitrogen and oxygen atoms in total. The van der Waals surface area contributed by atoms with E-state index >= 15 is 0 Å². The van der Waals surface area contributed by atoms with Crippen molar-refractivity contribution in [1.29, 1.82) is 0 Å². The van der Waals surface area contributed by atoms with Crippen LogP contribution in [-0.4, -0.2) is 53.1 Å². The van der Waals surface area contributed by atoms with Crippen LogP contribution in [0.4, 0.5) is 0 Å². The molecule has 2 N–H and O–H groups in total. The van der Waals surface area contributed by atoms with Crippen molar-refractivity contribution in [2.24, 2.45) is 4.99 Å². The van der Waals surface area contributed by atoms with Gasteiger partial charge in [0.2, 0.25) is 0 Å². The molecule has 1 aliphatic heterocycles. The van der Waals surface area contributed by atoms with Crippen LogP contribution in [0, 0.1) is 0 Å². The molecule has 2 aromatic rings. The Morgan fingerprint density at radius 1 is 1.27 bits per heavy atom. The smallest absolute Gasteiger partial charge is 0.191 e. The van der Waals surface area contributed by atoms with Gasteiger partial charge in [0.15, 0.2) is 11.8 Å². The molecule has 0 saturated carbocycles. The SMILES string of the molecule is CCNC(=NCC(C)Oc1ccc(OC)cc1)NC1CCc2nc(CC)nn2C1.I. The molecule has 30 heavy (non-hydrogen) atoms. The van der Waals surface area contributed by atoms with Crippen LogP contribution >= 0.6 is 24.0 Å². The number of halogens is 1. The van der Waals surface area contributed by atoms with Crippen molar-refractivity contribution >= 4 is 29.9 Å². The quantitative estimate of drug-likeness (QED) is 0.312. The number of nitrogens with zero attached hydrogens (tertiary/aromatic N) is 4. The third-order valence-electron chi connectivity index (χ3n) is 4.81. The molecule has 2 heterocycles. The first-order chi connectivity index (χ1) is 14.1. The van der Waals surface area contributed by atoms with E-state index in [9.17, 15) is 0 Å². The van der Waals surface area contributed by atoms with E-state index in [1.165, 1.54) is 0 Å². The molecule has 0 amide bonds. The number of aryl methyl sites for hydroxylation is 2. The molecule has 166 valence electrons. The maximum absolute atomic E-state index is 5.95. The van der Waals surface area contributed by atoms with Crippen molar-refractivity contribution < 1.29 is 9.47 Å². The summed E-state index contributed by atoms with van der Waals surface area (Å²) in [5.41, 5.74) is 0. The number of aliphatic imine (C=N–C) groups is 1. The van der Waals surface area contributed by atoms with Gasteiger partial charge in [0.05, 0.1) is 20.2 Å². The average Bonchev–Trinajstić information content (AvgIpc) is 3.15. The van der Waals surface area contributed by atoms with Crippen LogP contribution in [0.3, 0.4) is 0 Å². The molecular formula is C21H33IN6O2. The Morgan fingerprint density at radius 2 is 2.00 bits per heavy atom. The predicted molar refractivity (Wildman–Crippen MR) is 129 cm³/mol. The third kappa shape index (κ3) is 6.75. The van der Waals surface area contributed by atoms with Gasteiger partial charge >= 0.3 is 0 Å². The van der Waals surface area contributed by atoms with Crippen molar-refractivity contribution in [2.45, 2.75) is 58.7 Å². The Bertz CT molecular complexity index is 808. The van der Waals surface area contributed by atoms with Gasteiger partial charge in [-0.25, -0.2) is 14.7 Å². The molecule has 1 aromatic heterocycles. The number of methoxy groups -OCH3 is 1. The Balaban J connectivity index is 0.00000320. The Morgan fingerprint density at radius 3 is 2.67 bits per heavy atom. The number of hydrogen-bond acceptors (Lipinski definition) is 5. The standard InChI is InChI=1S/C21H32N6O2.HI/c1-5-19-25-20-12-7-16(14-27(20)26-19)24-21(22-6-2)23-13-15(3)29-18-10-8-17(28-4)9-11-18;/h8-11,15-16H,5-7,12-14H2,1-4H3,(H2,22,23,24);1H. The van der Waals surface area contributed by atoms with E-state index in [0.29, 0.717) is 6.54 Å². The first-order valence-corrected chi connectivity index (χ1v) is 10.4. The summed E-state index contributed by atoms with van der Waals surface area (Å²) in [4.78, 5) is 9.30. The average molecular weight is 528 g/mol. The summed E-state index contributed by atoms with van der Waals surface area (Å²) in [5.74, 6) is 4.44. The highest BCUT2D eigenvalue weighted by Gasteiger charge is 2.22. The van der Waals surface area contributed by atoms with Gasteiger partial charge in [-0.2, -0.15) is 5.10 Å². The van der Waals surface area contributed by atoms with Gasteiger partial charge in [0.25, 0.3) is 0 Å². The van der Waals surface area contributed by atoms with Crippen LogP contribution in [0.25, 0.3) is 0 Å².